The highest BCUT2D eigenvalue weighted by molar-refractivity contribution is 5.94. The van der Waals surface area contributed by atoms with Crippen LogP contribution in [0.1, 0.15) is 19.8 Å². The Balaban J connectivity index is 2.72. The van der Waals surface area contributed by atoms with Crippen LogP contribution in [0, 0.1) is 0 Å². The minimum absolute atomic E-state index is 0.0241. The SMILES string of the molecule is CCCC(=O)Nc1ccc(N)cc1N. The van der Waals surface area contributed by atoms with E-state index in [-0.39, 0.29) is 5.91 Å². The summed E-state index contributed by atoms with van der Waals surface area (Å²) in [4.78, 5) is 11.3. The quantitative estimate of drug-likeness (QED) is 0.637. The van der Waals surface area contributed by atoms with Gasteiger partial charge >= 0.3 is 0 Å². The fourth-order valence-corrected chi connectivity index (χ4v) is 1.13. The van der Waals surface area contributed by atoms with Crippen LogP contribution in [0.5, 0.6) is 0 Å². The third kappa shape index (κ3) is 2.65. The molecule has 0 atom stereocenters. The summed E-state index contributed by atoms with van der Waals surface area (Å²) in [6.07, 6.45) is 1.32. The molecule has 0 bridgehead atoms. The van der Waals surface area contributed by atoms with Gasteiger partial charge in [-0.3, -0.25) is 4.79 Å². The molecular weight excluding hydrogens is 178 g/mol. The van der Waals surface area contributed by atoms with Gasteiger partial charge < -0.3 is 16.8 Å². The number of nitrogens with two attached hydrogens (primary N) is 2. The zero-order chi connectivity index (χ0) is 10.6. The number of nitrogen functional groups attached to an aromatic ring is 2. The first-order valence-corrected chi connectivity index (χ1v) is 4.58. The summed E-state index contributed by atoms with van der Waals surface area (Å²) in [7, 11) is 0. The third-order valence-electron chi connectivity index (χ3n) is 1.83. The van der Waals surface area contributed by atoms with Gasteiger partial charge in [-0.25, -0.2) is 0 Å². The number of amides is 1. The predicted octanol–water partition coefficient (Wildman–Crippen LogP) is 1.59. The van der Waals surface area contributed by atoms with Crippen molar-refractivity contribution in [3.05, 3.63) is 18.2 Å². The first kappa shape index (κ1) is 10.4. The Labute approximate surface area is 83.3 Å². The summed E-state index contributed by atoms with van der Waals surface area (Å²) < 4.78 is 0. The molecule has 76 valence electrons. The molecule has 0 saturated heterocycles. The molecule has 0 saturated carbocycles. The zero-order valence-electron chi connectivity index (χ0n) is 8.21. The second-order valence-corrected chi connectivity index (χ2v) is 3.14. The molecule has 4 nitrogen and oxygen atoms in total. The van der Waals surface area contributed by atoms with Crippen molar-refractivity contribution in [3.63, 3.8) is 0 Å². The van der Waals surface area contributed by atoms with Crippen molar-refractivity contribution in [2.45, 2.75) is 19.8 Å². The van der Waals surface area contributed by atoms with Gasteiger partial charge in [-0.2, -0.15) is 0 Å². The molecule has 1 amide bonds. The normalized spacial score (nSPS) is 9.79. The van der Waals surface area contributed by atoms with Gasteiger partial charge in [0.2, 0.25) is 5.91 Å². The van der Waals surface area contributed by atoms with Crippen molar-refractivity contribution in [3.8, 4) is 0 Å². The average Bonchev–Trinajstić information content (AvgIpc) is 2.10. The van der Waals surface area contributed by atoms with E-state index in [0.29, 0.717) is 23.5 Å². The Morgan fingerprint density at radius 3 is 2.71 bits per heavy atom. The molecule has 0 heterocycles. The van der Waals surface area contributed by atoms with Crippen LogP contribution < -0.4 is 16.8 Å². The number of nitrogens with one attached hydrogen (secondary N) is 1. The molecule has 4 heteroatoms. The van der Waals surface area contributed by atoms with E-state index < -0.39 is 0 Å². The summed E-state index contributed by atoms with van der Waals surface area (Å²) in [5.41, 5.74) is 12.9. The molecule has 0 radical (unpaired) electrons. The van der Waals surface area contributed by atoms with E-state index in [1.54, 1.807) is 18.2 Å². The van der Waals surface area contributed by atoms with Crippen molar-refractivity contribution < 1.29 is 4.79 Å². The van der Waals surface area contributed by atoms with Gasteiger partial charge in [0.05, 0.1) is 11.4 Å². The van der Waals surface area contributed by atoms with Gasteiger partial charge in [-0.15, -0.1) is 0 Å². The number of rotatable bonds is 3. The highest BCUT2D eigenvalue weighted by atomic mass is 16.1. The van der Waals surface area contributed by atoms with E-state index in [0.717, 1.165) is 6.42 Å². The van der Waals surface area contributed by atoms with Crippen molar-refractivity contribution >= 4 is 23.0 Å². The Morgan fingerprint density at radius 2 is 2.14 bits per heavy atom. The molecule has 1 rings (SSSR count). The van der Waals surface area contributed by atoms with Crippen molar-refractivity contribution in [1.29, 1.82) is 0 Å². The molecule has 0 fully saturated rings. The lowest BCUT2D eigenvalue weighted by molar-refractivity contribution is -0.116. The van der Waals surface area contributed by atoms with Gasteiger partial charge in [0.15, 0.2) is 0 Å². The minimum Gasteiger partial charge on any atom is -0.399 e. The number of hydrogen-bond acceptors (Lipinski definition) is 3. The molecule has 0 aromatic heterocycles. The smallest absolute Gasteiger partial charge is 0.224 e. The van der Waals surface area contributed by atoms with Crippen LogP contribution in [-0.2, 0) is 4.79 Å². The summed E-state index contributed by atoms with van der Waals surface area (Å²) >= 11 is 0. The zero-order valence-corrected chi connectivity index (χ0v) is 8.21. The largest absolute Gasteiger partial charge is 0.399 e. The van der Waals surface area contributed by atoms with Gasteiger partial charge in [0.1, 0.15) is 0 Å². The van der Waals surface area contributed by atoms with Crippen molar-refractivity contribution in [2.75, 3.05) is 16.8 Å². The van der Waals surface area contributed by atoms with Gasteiger partial charge in [0, 0.05) is 12.1 Å². The predicted molar refractivity (Wildman–Crippen MR) is 58.8 cm³/mol. The van der Waals surface area contributed by atoms with E-state index in [9.17, 15) is 4.79 Å². The Kier molecular flexibility index (Phi) is 3.34. The molecule has 0 unspecified atom stereocenters. The molecule has 14 heavy (non-hydrogen) atoms. The first-order valence-electron chi connectivity index (χ1n) is 4.58. The average molecular weight is 193 g/mol. The van der Waals surface area contributed by atoms with E-state index >= 15 is 0 Å². The lowest BCUT2D eigenvalue weighted by atomic mass is 10.2. The fourth-order valence-electron chi connectivity index (χ4n) is 1.13. The summed E-state index contributed by atoms with van der Waals surface area (Å²) in [6, 6.07) is 5.04. The van der Waals surface area contributed by atoms with Crippen LogP contribution in [0.3, 0.4) is 0 Å². The highest BCUT2D eigenvalue weighted by Gasteiger charge is 2.03. The fraction of sp³-hybridized carbons (Fsp3) is 0.300. The second-order valence-electron chi connectivity index (χ2n) is 3.14. The number of carbonyl (C=O) groups excluding carboxylic acids is 1. The maximum absolute atomic E-state index is 11.3. The Morgan fingerprint density at radius 1 is 1.43 bits per heavy atom. The van der Waals surface area contributed by atoms with Crippen molar-refractivity contribution in [2.24, 2.45) is 0 Å². The van der Waals surface area contributed by atoms with E-state index in [2.05, 4.69) is 5.32 Å². The number of benzene rings is 1. The van der Waals surface area contributed by atoms with Crippen LogP contribution in [0.4, 0.5) is 17.1 Å². The maximum atomic E-state index is 11.3. The minimum atomic E-state index is -0.0241. The van der Waals surface area contributed by atoms with Crippen LogP contribution in [-0.4, -0.2) is 5.91 Å². The van der Waals surface area contributed by atoms with Crippen LogP contribution >= 0.6 is 0 Å². The van der Waals surface area contributed by atoms with E-state index in [1.165, 1.54) is 0 Å². The molecular formula is C10H15N3O. The summed E-state index contributed by atoms with van der Waals surface area (Å²) in [6.45, 7) is 1.95. The van der Waals surface area contributed by atoms with E-state index in [1.807, 2.05) is 6.92 Å². The molecule has 0 spiro atoms. The molecule has 0 aliphatic heterocycles. The lowest BCUT2D eigenvalue weighted by Gasteiger charge is -2.07. The van der Waals surface area contributed by atoms with Crippen molar-refractivity contribution in [1.82, 2.24) is 0 Å². The number of carbonyl (C=O) groups is 1. The third-order valence-corrected chi connectivity index (χ3v) is 1.83. The standard InChI is InChI=1S/C10H15N3O/c1-2-3-10(14)13-9-5-4-7(11)6-8(9)12/h4-6H,2-3,11-12H2,1H3,(H,13,14). The number of hydrogen-bond donors (Lipinski definition) is 3. The molecule has 5 N–H and O–H groups in total. The second kappa shape index (κ2) is 4.50. The molecule has 1 aromatic rings. The first-order chi connectivity index (χ1) is 6.63. The molecule has 1 aromatic carbocycles. The Bertz CT molecular complexity index is 336. The van der Waals surface area contributed by atoms with Gasteiger partial charge in [0.25, 0.3) is 0 Å². The number of anilines is 3. The highest BCUT2D eigenvalue weighted by Crippen LogP contribution is 2.20. The summed E-state index contributed by atoms with van der Waals surface area (Å²) in [5, 5.41) is 2.72. The van der Waals surface area contributed by atoms with Crippen LogP contribution in [0.25, 0.3) is 0 Å². The van der Waals surface area contributed by atoms with Gasteiger partial charge in [-0.05, 0) is 24.6 Å². The van der Waals surface area contributed by atoms with Crippen LogP contribution in [0.15, 0.2) is 18.2 Å². The molecule has 0 aliphatic carbocycles. The topological polar surface area (TPSA) is 81.1 Å². The molecule has 0 aliphatic rings. The summed E-state index contributed by atoms with van der Waals surface area (Å²) in [5.74, 6) is -0.0241. The Hall–Kier alpha value is -1.71. The lowest BCUT2D eigenvalue weighted by Crippen LogP contribution is -2.12. The van der Waals surface area contributed by atoms with Gasteiger partial charge in [-0.1, -0.05) is 6.92 Å². The monoisotopic (exact) mass is 193 g/mol. The maximum Gasteiger partial charge on any atom is 0.224 e. The van der Waals surface area contributed by atoms with Crippen LogP contribution in [0.2, 0.25) is 0 Å². The van der Waals surface area contributed by atoms with E-state index in [4.69, 9.17) is 11.5 Å².